The zero-order chi connectivity index (χ0) is 16.5. The van der Waals surface area contributed by atoms with E-state index in [1.165, 1.54) is 16.7 Å². The number of hydrogen-bond donors (Lipinski definition) is 2. The van der Waals surface area contributed by atoms with Crippen LogP contribution in [0, 0.1) is 0 Å². The number of fused-ring (bicyclic) bond motifs is 1. The Bertz CT molecular complexity index is 687. The first kappa shape index (κ1) is 15.8. The van der Waals surface area contributed by atoms with Gasteiger partial charge < -0.3 is 10.4 Å². The molecule has 0 bridgehead atoms. The first-order valence-electron chi connectivity index (χ1n) is 9.03. The summed E-state index contributed by atoms with van der Waals surface area (Å²) >= 11 is 0. The van der Waals surface area contributed by atoms with Crippen LogP contribution in [0.3, 0.4) is 0 Å². The van der Waals surface area contributed by atoms with Crippen molar-refractivity contribution in [2.75, 3.05) is 13.1 Å². The van der Waals surface area contributed by atoms with E-state index in [0.717, 1.165) is 25.9 Å². The predicted octanol–water partition coefficient (Wildman–Crippen LogP) is 3.07. The van der Waals surface area contributed by atoms with Crippen LogP contribution < -0.4 is 5.32 Å². The molecular weight excluding hydrogens is 296 g/mol. The second-order valence-corrected chi connectivity index (χ2v) is 7.18. The molecule has 0 saturated carbocycles. The maximum atomic E-state index is 10.4. The van der Waals surface area contributed by atoms with Gasteiger partial charge in [-0.3, -0.25) is 4.90 Å². The van der Waals surface area contributed by atoms with E-state index in [4.69, 9.17) is 0 Å². The highest BCUT2D eigenvalue weighted by Gasteiger charge is 2.34. The molecule has 0 amide bonds. The van der Waals surface area contributed by atoms with Crippen molar-refractivity contribution < 1.29 is 5.11 Å². The first-order chi connectivity index (χ1) is 11.7. The summed E-state index contributed by atoms with van der Waals surface area (Å²) in [6.45, 7) is 4.44. The van der Waals surface area contributed by atoms with Gasteiger partial charge in [-0.25, -0.2) is 0 Å². The number of hydrogen-bond acceptors (Lipinski definition) is 3. The predicted molar refractivity (Wildman–Crippen MR) is 96.9 cm³/mol. The maximum absolute atomic E-state index is 10.4. The Balaban J connectivity index is 1.41. The molecule has 4 atom stereocenters. The molecule has 2 N–H and O–H groups in total. The van der Waals surface area contributed by atoms with Gasteiger partial charge in [0, 0.05) is 31.6 Å². The lowest BCUT2D eigenvalue weighted by atomic mass is 10.1. The normalized spacial score (nSPS) is 28.0. The molecule has 24 heavy (non-hydrogen) atoms. The van der Waals surface area contributed by atoms with Gasteiger partial charge in [-0.1, -0.05) is 54.6 Å². The van der Waals surface area contributed by atoms with Gasteiger partial charge in [0.25, 0.3) is 0 Å². The van der Waals surface area contributed by atoms with Gasteiger partial charge in [0.05, 0.1) is 12.1 Å². The van der Waals surface area contributed by atoms with Gasteiger partial charge in [0.15, 0.2) is 0 Å². The number of likely N-dealkylation sites (tertiary alicyclic amines) is 1. The van der Waals surface area contributed by atoms with E-state index >= 15 is 0 Å². The van der Waals surface area contributed by atoms with Crippen molar-refractivity contribution in [2.45, 2.75) is 44.0 Å². The van der Waals surface area contributed by atoms with E-state index in [2.05, 4.69) is 71.7 Å². The SMILES string of the molecule is CC(c1ccccc1)N1CCC(N[C@H]2c3ccccc3C[C@H]2O)C1. The van der Waals surface area contributed by atoms with Crippen LogP contribution in [-0.4, -0.2) is 35.2 Å². The summed E-state index contributed by atoms with van der Waals surface area (Å²) in [4.78, 5) is 2.54. The summed E-state index contributed by atoms with van der Waals surface area (Å²) in [7, 11) is 0. The van der Waals surface area contributed by atoms with Gasteiger partial charge in [-0.15, -0.1) is 0 Å². The lowest BCUT2D eigenvalue weighted by Gasteiger charge is -2.26. The molecule has 1 saturated heterocycles. The zero-order valence-electron chi connectivity index (χ0n) is 14.2. The average molecular weight is 322 g/mol. The third-order valence-electron chi connectivity index (χ3n) is 5.67. The largest absolute Gasteiger partial charge is 0.391 e. The molecule has 1 heterocycles. The number of rotatable bonds is 4. The Labute approximate surface area is 144 Å². The van der Waals surface area contributed by atoms with Crippen molar-refractivity contribution in [1.29, 1.82) is 0 Å². The summed E-state index contributed by atoms with van der Waals surface area (Å²) in [5.41, 5.74) is 3.94. The Morgan fingerprint density at radius 2 is 1.83 bits per heavy atom. The Morgan fingerprint density at radius 1 is 1.08 bits per heavy atom. The fourth-order valence-corrected chi connectivity index (χ4v) is 4.25. The lowest BCUT2D eigenvalue weighted by Crippen LogP contribution is -2.39. The molecule has 4 rings (SSSR count). The maximum Gasteiger partial charge on any atom is 0.0775 e. The molecule has 2 aromatic rings. The van der Waals surface area contributed by atoms with Crippen LogP contribution in [-0.2, 0) is 6.42 Å². The minimum absolute atomic E-state index is 0.0816. The first-order valence-corrected chi connectivity index (χ1v) is 9.03. The molecule has 2 aromatic carbocycles. The summed E-state index contributed by atoms with van der Waals surface area (Å²) in [5.74, 6) is 0. The number of nitrogens with one attached hydrogen (secondary N) is 1. The quantitative estimate of drug-likeness (QED) is 0.908. The molecule has 1 fully saturated rings. The standard InChI is InChI=1S/C21H26N2O/c1-15(16-7-3-2-4-8-16)23-12-11-18(14-23)22-21-19-10-6-5-9-17(19)13-20(21)24/h2-10,15,18,20-22,24H,11-14H2,1H3/t15?,18?,20-,21+/m1/s1. The van der Waals surface area contributed by atoms with Crippen LogP contribution in [0.25, 0.3) is 0 Å². The molecular formula is C21H26N2O. The van der Waals surface area contributed by atoms with Crippen molar-refractivity contribution in [3.8, 4) is 0 Å². The zero-order valence-corrected chi connectivity index (χ0v) is 14.2. The fourth-order valence-electron chi connectivity index (χ4n) is 4.25. The molecule has 0 spiro atoms. The summed E-state index contributed by atoms with van der Waals surface area (Å²) in [6, 6.07) is 20.1. The number of aliphatic hydroxyl groups excluding tert-OH is 1. The van der Waals surface area contributed by atoms with Crippen LogP contribution in [0.1, 0.15) is 42.1 Å². The highest BCUT2D eigenvalue weighted by Crippen LogP contribution is 2.33. The number of nitrogens with zero attached hydrogens (tertiary/aromatic N) is 1. The van der Waals surface area contributed by atoms with Crippen molar-refractivity contribution in [3.05, 3.63) is 71.3 Å². The van der Waals surface area contributed by atoms with Crippen molar-refractivity contribution in [3.63, 3.8) is 0 Å². The highest BCUT2D eigenvalue weighted by molar-refractivity contribution is 5.36. The smallest absolute Gasteiger partial charge is 0.0775 e. The van der Waals surface area contributed by atoms with Crippen molar-refractivity contribution in [1.82, 2.24) is 10.2 Å². The van der Waals surface area contributed by atoms with Crippen LogP contribution in [0.2, 0.25) is 0 Å². The molecule has 1 aliphatic carbocycles. The van der Waals surface area contributed by atoms with Gasteiger partial charge in [0.1, 0.15) is 0 Å². The van der Waals surface area contributed by atoms with Gasteiger partial charge in [0.2, 0.25) is 0 Å². The molecule has 126 valence electrons. The van der Waals surface area contributed by atoms with E-state index in [-0.39, 0.29) is 12.1 Å². The monoisotopic (exact) mass is 322 g/mol. The second-order valence-electron chi connectivity index (χ2n) is 7.18. The summed E-state index contributed by atoms with van der Waals surface area (Å²) < 4.78 is 0. The van der Waals surface area contributed by atoms with Gasteiger partial charge in [-0.2, -0.15) is 0 Å². The number of benzene rings is 2. The second kappa shape index (κ2) is 6.67. The van der Waals surface area contributed by atoms with Crippen LogP contribution in [0.5, 0.6) is 0 Å². The molecule has 1 aliphatic heterocycles. The molecule has 2 aliphatic rings. The highest BCUT2D eigenvalue weighted by atomic mass is 16.3. The fraction of sp³-hybridized carbons (Fsp3) is 0.429. The molecule has 0 aromatic heterocycles. The topological polar surface area (TPSA) is 35.5 Å². The van der Waals surface area contributed by atoms with E-state index in [9.17, 15) is 5.11 Å². The van der Waals surface area contributed by atoms with Crippen molar-refractivity contribution >= 4 is 0 Å². The van der Waals surface area contributed by atoms with Crippen molar-refractivity contribution in [2.24, 2.45) is 0 Å². The Hall–Kier alpha value is -1.68. The van der Waals surface area contributed by atoms with Gasteiger partial charge >= 0.3 is 0 Å². The minimum Gasteiger partial charge on any atom is -0.391 e. The molecule has 3 nitrogen and oxygen atoms in total. The van der Waals surface area contributed by atoms with Crippen LogP contribution in [0.4, 0.5) is 0 Å². The van der Waals surface area contributed by atoms with E-state index in [1.54, 1.807) is 0 Å². The number of aliphatic hydroxyl groups is 1. The van der Waals surface area contributed by atoms with Gasteiger partial charge in [-0.05, 0) is 30.0 Å². The third kappa shape index (κ3) is 3.00. The van der Waals surface area contributed by atoms with E-state index in [0.29, 0.717) is 12.1 Å². The average Bonchev–Trinajstić information content (AvgIpc) is 3.21. The van der Waals surface area contributed by atoms with Crippen LogP contribution >= 0.6 is 0 Å². The third-order valence-corrected chi connectivity index (χ3v) is 5.67. The summed E-state index contributed by atoms with van der Waals surface area (Å²) in [6.07, 6.45) is 1.61. The minimum atomic E-state index is -0.303. The Kier molecular flexibility index (Phi) is 4.40. The molecule has 3 heteroatoms. The summed E-state index contributed by atoms with van der Waals surface area (Å²) in [5, 5.41) is 14.2. The van der Waals surface area contributed by atoms with E-state index in [1.807, 2.05) is 0 Å². The van der Waals surface area contributed by atoms with Crippen LogP contribution in [0.15, 0.2) is 54.6 Å². The molecule has 0 radical (unpaired) electrons. The Morgan fingerprint density at radius 3 is 2.67 bits per heavy atom. The van der Waals surface area contributed by atoms with E-state index < -0.39 is 0 Å². The molecule has 2 unspecified atom stereocenters. The lowest BCUT2D eigenvalue weighted by molar-refractivity contribution is 0.134.